The van der Waals surface area contributed by atoms with E-state index in [-0.39, 0.29) is 17.9 Å². The third-order valence-corrected chi connectivity index (χ3v) is 3.94. The summed E-state index contributed by atoms with van der Waals surface area (Å²) in [6, 6.07) is 19.7. The molecule has 0 saturated carbocycles. The lowest BCUT2D eigenvalue weighted by Crippen LogP contribution is -2.33. The first kappa shape index (κ1) is 12.9. The summed E-state index contributed by atoms with van der Waals surface area (Å²) in [6.45, 7) is 0. The molecule has 2 aromatic carbocycles. The van der Waals surface area contributed by atoms with Crippen LogP contribution in [-0.4, -0.2) is 22.2 Å². The molecule has 1 aliphatic heterocycles. The van der Waals surface area contributed by atoms with E-state index in [1.54, 1.807) is 0 Å². The first-order valence-electron chi connectivity index (χ1n) is 6.85. The zero-order valence-corrected chi connectivity index (χ0v) is 11.1. The molecule has 0 bridgehead atoms. The highest BCUT2D eigenvalue weighted by atomic mass is 16.5. The van der Waals surface area contributed by atoms with Gasteiger partial charge in [-0.2, -0.15) is 0 Å². The molecule has 1 fully saturated rings. The standard InChI is InChI=1S/C17H17NO2/c19-17-12-15(14-9-5-2-6-10-14)16(18(17)20)11-13-7-3-1-4-8-13/h1-10,15-16,20H,11-12H2/t15-,16-/m1/s1. The molecule has 2 atom stereocenters. The van der Waals surface area contributed by atoms with Gasteiger partial charge in [-0.15, -0.1) is 0 Å². The Kier molecular flexibility index (Phi) is 3.52. The van der Waals surface area contributed by atoms with Crippen molar-refractivity contribution < 1.29 is 10.0 Å². The van der Waals surface area contributed by atoms with Gasteiger partial charge in [-0.25, -0.2) is 5.06 Å². The Hall–Kier alpha value is -2.13. The maximum atomic E-state index is 11.8. The van der Waals surface area contributed by atoms with E-state index in [1.807, 2.05) is 60.7 Å². The number of benzene rings is 2. The van der Waals surface area contributed by atoms with E-state index in [2.05, 4.69) is 0 Å². The molecular formula is C17H17NO2. The normalized spacial score (nSPS) is 22.2. The molecule has 0 radical (unpaired) electrons. The van der Waals surface area contributed by atoms with Crippen molar-refractivity contribution in [1.82, 2.24) is 5.06 Å². The number of nitrogens with zero attached hydrogens (tertiary/aromatic N) is 1. The van der Waals surface area contributed by atoms with E-state index >= 15 is 0 Å². The second-order valence-corrected chi connectivity index (χ2v) is 5.22. The van der Waals surface area contributed by atoms with E-state index < -0.39 is 0 Å². The van der Waals surface area contributed by atoms with Crippen LogP contribution >= 0.6 is 0 Å². The molecule has 2 aromatic rings. The molecule has 102 valence electrons. The lowest BCUT2D eigenvalue weighted by molar-refractivity contribution is -0.165. The van der Waals surface area contributed by atoms with Crippen LogP contribution in [0.2, 0.25) is 0 Å². The summed E-state index contributed by atoms with van der Waals surface area (Å²) in [5.41, 5.74) is 2.24. The van der Waals surface area contributed by atoms with E-state index in [9.17, 15) is 10.0 Å². The summed E-state index contributed by atoms with van der Waals surface area (Å²) in [6.07, 6.45) is 1.04. The Morgan fingerprint density at radius 2 is 1.60 bits per heavy atom. The molecular weight excluding hydrogens is 250 g/mol. The minimum absolute atomic E-state index is 0.0499. The van der Waals surface area contributed by atoms with Gasteiger partial charge >= 0.3 is 0 Å². The highest BCUT2D eigenvalue weighted by Gasteiger charge is 2.39. The largest absolute Gasteiger partial charge is 0.286 e. The van der Waals surface area contributed by atoms with E-state index in [1.165, 1.54) is 0 Å². The summed E-state index contributed by atoms with van der Waals surface area (Å²) < 4.78 is 0. The van der Waals surface area contributed by atoms with Gasteiger partial charge in [0.25, 0.3) is 0 Å². The third-order valence-electron chi connectivity index (χ3n) is 3.94. The monoisotopic (exact) mass is 267 g/mol. The fourth-order valence-electron chi connectivity index (χ4n) is 2.90. The fraction of sp³-hybridized carbons (Fsp3) is 0.235. The lowest BCUT2D eigenvalue weighted by atomic mass is 9.88. The molecule has 0 spiro atoms. The number of hydrogen-bond donors (Lipinski definition) is 1. The number of hydroxylamine groups is 2. The van der Waals surface area contributed by atoms with Crippen molar-refractivity contribution in [3.05, 3.63) is 71.8 Å². The van der Waals surface area contributed by atoms with Gasteiger partial charge in [0.1, 0.15) is 0 Å². The Balaban J connectivity index is 1.87. The first-order valence-corrected chi connectivity index (χ1v) is 6.85. The predicted molar refractivity (Wildman–Crippen MR) is 76.4 cm³/mol. The molecule has 1 aliphatic rings. The molecule has 0 unspecified atom stereocenters. The molecule has 1 heterocycles. The van der Waals surface area contributed by atoms with Crippen LogP contribution in [0.15, 0.2) is 60.7 Å². The lowest BCUT2D eigenvalue weighted by Gasteiger charge is -2.23. The second-order valence-electron chi connectivity index (χ2n) is 5.22. The van der Waals surface area contributed by atoms with Crippen molar-refractivity contribution in [2.75, 3.05) is 0 Å². The molecule has 3 nitrogen and oxygen atoms in total. The highest BCUT2D eigenvalue weighted by molar-refractivity contribution is 5.79. The van der Waals surface area contributed by atoms with Crippen molar-refractivity contribution in [2.45, 2.75) is 24.8 Å². The summed E-state index contributed by atoms with van der Waals surface area (Å²) in [5, 5.41) is 11.0. The van der Waals surface area contributed by atoms with E-state index in [0.717, 1.165) is 16.2 Å². The SMILES string of the molecule is O=C1C[C@H](c2ccccc2)[C@@H](Cc2ccccc2)N1O. The van der Waals surface area contributed by atoms with Crippen LogP contribution in [0.5, 0.6) is 0 Å². The molecule has 3 heteroatoms. The van der Waals surface area contributed by atoms with Crippen LogP contribution in [0, 0.1) is 0 Å². The Morgan fingerprint density at radius 3 is 2.25 bits per heavy atom. The number of carbonyl (C=O) groups is 1. The van der Waals surface area contributed by atoms with Crippen molar-refractivity contribution in [3.63, 3.8) is 0 Å². The van der Waals surface area contributed by atoms with Gasteiger partial charge in [-0.3, -0.25) is 10.0 Å². The second kappa shape index (κ2) is 5.47. The average molecular weight is 267 g/mol. The summed E-state index contributed by atoms with van der Waals surface area (Å²) in [5.74, 6) is -0.145. The van der Waals surface area contributed by atoms with Crippen molar-refractivity contribution >= 4 is 5.91 Å². The molecule has 0 aliphatic carbocycles. The zero-order chi connectivity index (χ0) is 13.9. The minimum Gasteiger partial charge on any atom is -0.286 e. The van der Waals surface area contributed by atoms with E-state index in [0.29, 0.717) is 12.8 Å². The first-order chi connectivity index (χ1) is 9.75. The van der Waals surface area contributed by atoms with Crippen LogP contribution < -0.4 is 0 Å². The Bertz CT molecular complexity index is 582. The summed E-state index contributed by atoms with van der Waals surface area (Å²) in [4.78, 5) is 11.8. The predicted octanol–water partition coefficient (Wildman–Crippen LogP) is 3.00. The molecule has 0 aromatic heterocycles. The topological polar surface area (TPSA) is 40.5 Å². The molecule has 3 rings (SSSR count). The summed E-state index contributed by atoms with van der Waals surface area (Å²) >= 11 is 0. The van der Waals surface area contributed by atoms with Gasteiger partial charge < -0.3 is 0 Å². The summed E-state index contributed by atoms with van der Waals surface area (Å²) in [7, 11) is 0. The Morgan fingerprint density at radius 1 is 1.00 bits per heavy atom. The van der Waals surface area contributed by atoms with Gasteiger partial charge in [0, 0.05) is 12.3 Å². The van der Waals surface area contributed by atoms with Crippen LogP contribution in [0.1, 0.15) is 23.5 Å². The maximum Gasteiger partial charge on any atom is 0.246 e. The zero-order valence-electron chi connectivity index (χ0n) is 11.1. The number of rotatable bonds is 3. The smallest absolute Gasteiger partial charge is 0.246 e. The van der Waals surface area contributed by atoms with Crippen LogP contribution in [-0.2, 0) is 11.2 Å². The Labute approximate surface area is 118 Å². The average Bonchev–Trinajstić information content (AvgIpc) is 2.78. The molecule has 1 saturated heterocycles. The number of amides is 1. The quantitative estimate of drug-likeness (QED) is 0.868. The molecule has 20 heavy (non-hydrogen) atoms. The van der Waals surface area contributed by atoms with Crippen molar-refractivity contribution in [3.8, 4) is 0 Å². The molecule has 1 N–H and O–H groups in total. The highest BCUT2D eigenvalue weighted by Crippen LogP contribution is 2.35. The minimum atomic E-state index is -0.195. The van der Waals surface area contributed by atoms with Crippen LogP contribution in [0.4, 0.5) is 0 Å². The van der Waals surface area contributed by atoms with Gasteiger partial charge in [0.05, 0.1) is 6.04 Å². The van der Waals surface area contributed by atoms with Crippen molar-refractivity contribution in [1.29, 1.82) is 0 Å². The maximum absolute atomic E-state index is 11.8. The van der Waals surface area contributed by atoms with Gasteiger partial charge in [-0.05, 0) is 17.5 Å². The fourth-order valence-corrected chi connectivity index (χ4v) is 2.90. The van der Waals surface area contributed by atoms with Gasteiger partial charge in [0.15, 0.2) is 0 Å². The number of carbonyl (C=O) groups excluding carboxylic acids is 1. The van der Waals surface area contributed by atoms with Gasteiger partial charge in [0.2, 0.25) is 5.91 Å². The van der Waals surface area contributed by atoms with E-state index in [4.69, 9.17) is 0 Å². The third kappa shape index (κ3) is 2.45. The number of hydrogen-bond acceptors (Lipinski definition) is 2. The molecule has 1 amide bonds. The van der Waals surface area contributed by atoms with Crippen molar-refractivity contribution in [2.24, 2.45) is 0 Å². The van der Waals surface area contributed by atoms with Crippen LogP contribution in [0.3, 0.4) is 0 Å². The van der Waals surface area contributed by atoms with Crippen LogP contribution in [0.25, 0.3) is 0 Å². The van der Waals surface area contributed by atoms with Gasteiger partial charge in [-0.1, -0.05) is 60.7 Å².